The molecule has 1 fully saturated rings. The van der Waals surface area contributed by atoms with E-state index in [1.165, 1.54) is 6.42 Å². The van der Waals surface area contributed by atoms with Crippen LogP contribution in [0.3, 0.4) is 0 Å². The lowest BCUT2D eigenvalue weighted by Crippen LogP contribution is -2.36. The maximum atomic E-state index is 12.7. The van der Waals surface area contributed by atoms with Gasteiger partial charge < -0.3 is 4.74 Å². The summed E-state index contributed by atoms with van der Waals surface area (Å²) in [6, 6.07) is 5.31. The van der Waals surface area contributed by atoms with Crippen molar-refractivity contribution in [3.05, 3.63) is 23.8 Å². The number of benzene rings is 1. The lowest BCUT2D eigenvalue weighted by Gasteiger charge is -2.23. The van der Waals surface area contributed by atoms with Crippen LogP contribution < -0.4 is 9.46 Å². The lowest BCUT2D eigenvalue weighted by molar-refractivity contribution is 0.334. The highest BCUT2D eigenvalue weighted by Gasteiger charge is 2.23. The highest BCUT2D eigenvalue weighted by atomic mass is 32.2. The predicted octanol–water partition coefficient (Wildman–Crippen LogP) is 4.21. The summed E-state index contributed by atoms with van der Waals surface area (Å²) in [7, 11) is -3.46. The first-order chi connectivity index (χ1) is 11.0. The summed E-state index contributed by atoms with van der Waals surface area (Å²) in [5.41, 5.74) is 0.973. The number of ether oxygens (including phenoxy) is 1. The molecule has 1 aliphatic rings. The van der Waals surface area contributed by atoms with Crippen LogP contribution >= 0.6 is 0 Å². The molecule has 0 saturated heterocycles. The van der Waals surface area contributed by atoms with Crippen LogP contribution in [0.5, 0.6) is 5.75 Å². The first-order valence-corrected chi connectivity index (χ1v) is 10.2. The number of hydrogen-bond donors (Lipinski definition) is 1. The number of nitrogens with one attached hydrogen (secondary N) is 1. The topological polar surface area (TPSA) is 55.4 Å². The molecule has 1 saturated carbocycles. The van der Waals surface area contributed by atoms with Gasteiger partial charge in [-0.25, -0.2) is 13.1 Å². The van der Waals surface area contributed by atoms with Crippen molar-refractivity contribution in [2.45, 2.75) is 76.2 Å². The van der Waals surface area contributed by atoms with E-state index >= 15 is 0 Å². The normalized spacial score (nSPS) is 17.9. The zero-order valence-corrected chi connectivity index (χ0v) is 15.3. The van der Waals surface area contributed by atoms with E-state index in [1.54, 1.807) is 18.2 Å². The minimum Gasteiger partial charge on any atom is -0.494 e. The number of hydrogen-bond acceptors (Lipinski definition) is 3. The van der Waals surface area contributed by atoms with Crippen LogP contribution in [-0.4, -0.2) is 21.1 Å². The zero-order valence-electron chi connectivity index (χ0n) is 14.5. The van der Waals surface area contributed by atoms with E-state index in [9.17, 15) is 8.42 Å². The van der Waals surface area contributed by atoms with Crippen LogP contribution in [0.2, 0.25) is 0 Å². The van der Waals surface area contributed by atoms with E-state index in [1.807, 2.05) is 6.92 Å². The van der Waals surface area contributed by atoms with E-state index < -0.39 is 10.0 Å². The molecule has 1 aliphatic carbocycles. The highest BCUT2D eigenvalue weighted by molar-refractivity contribution is 7.89. The minimum atomic E-state index is -3.46. The third-order valence-corrected chi connectivity index (χ3v) is 6.18. The summed E-state index contributed by atoms with van der Waals surface area (Å²) >= 11 is 0. The van der Waals surface area contributed by atoms with Crippen molar-refractivity contribution in [3.63, 3.8) is 0 Å². The lowest BCUT2D eigenvalue weighted by atomic mass is 9.96. The van der Waals surface area contributed by atoms with Gasteiger partial charge in [-0.3, -0.25) is 0 Å². The molecule has 5 heteroatoms. The van der Waals surface area contributed by atoms with Crippen molar-refractivity contribution in [2.75, 3.05) is 6.61 Å². The Morgan fingerprint density at radius 3 is 2.52 bits per heavy atom. The number of rotatable bonds is 7. The summed E-state index contributed by atoms with van der Waals surface area (Å²) in [5.74, 6) is 1.06. The highest BCUT2D eigenvalue weighted by Crippen LogP contribution is 2.31. The Labute approximate surface area is 140 Å². The van der Waals surface area contributed by atoms with Gasteiger partial charge in [0.15, 0.2) is 0 Å². The van der Waals surface area contributed by atoms with Crippen molar-refractivity contribution in [3.8, 4) is 5.75 Å². The molecular weight excluding hydrogens is 310 g/mol. The van der Waals surface area contributed by atoms with Gasteiger partial charge in [0.2, 0.25) is 10.0 Å². The molecule has 23 heavy (non-hydrogen) atoms. The largest absolute Gasteiger partial charge is 0.494 e. The fraction of sp³-hybridized carbons (Fsp3) is 0.667. The second-order valence-corrected chi connectivity index (χ2v) is 8.11. The van der Waals surface area contributed by atoms with Gasteiger partial charge in [-0.1, -0.05) is 33.1 Å². The molecule has 0 amide bonds. The first-order valence-electron chi connectivity index (χ1n) is 8.77. The average molecular weight is 340 g/mol. The Bertz CT molecular complexity index is 607. The molecule has 130 valence electrons. The summed E-state index contributed by atoms with van der Waals surface area (Å²) in [5, 5.41) is 0. The van der Waals surface area contributed by atoms with Crippen LogP contribution in [0.25, 0.3) is 0 Å². The van der Waals surface area contributed by atoms with Gasteiger partial charge in [0, 0.05) is 6.04 Å². The SMILES string of the molecule is CCOc1ccc(S(=O)(=O)NC2CCCCC2)cc1C(C)CC. The molecule has 1 unspecified atom stereocenters. The average Bonchev–Trinajstić information content (AvgIpc) is 2.55. The Morgan fingerprint density at radius 2 is 1.91 bits per heavy atom. The molecule has 1 atom stereocenters. The standard InChI is InChI=1S/C18H29NO3S/c1-4-14(3)17-13-16(11-12-18(17)22-5-2)23(20,21)19-15-9-7-6-8-10-15/h11-15,19H,4-10H2,1-3H3. The first kappa shape index (κ1) is 18.3. The van der Waals surface area contributed by atoms with Gasteiger partial charge in [0.05, 0.1) is 11.5 Å². The third-order valence-electron chi connectivity index (χ3n) is 4.66. The van der Waals surface area contributed by atoms with Crippen LogP contribution in [0.1, 0.15) is 70.8 Å². The van der Waals surface area contributed by atoms with Crippen molar-refractivity contribution in [2.24, 2.45) is 0 Å². The van der Waals surface area contributed by atoms with Crippen LogP contribution in [-0.2, 0) is 10.0 Å². The summed E-state index contributed by atoms with van der Waals surface area (Å²) < 4.78 is 33.9. The van der Waals surface area contributed by atoms with Gasteiger partial charge in [0.1, 0.15) is 5.75 Å². The maximum Gasteiger partial charge on any atom is 0.240 e. The molecule has 0 bridgehead atoms. The van der Waals surface area contributed by atoms with Crippen LogP contribution in [0.4, 0.5) is 0 Å². The second kappa shape index (κ2) is 8.15. The predicted molar refractivity (Wildman–Crippen MR) is 93.5 cm³/mol. The molecule has 2 rings (SSSR count). The van der Waals surface area contributed by atoms with Crippen molar-refractivity contribution in [1.82, 2.24) is 4.72 Å². The van der Waals surface area contributed by atoms with Gasteiger partial charge in [-0.2, -0.15) is 0 Å². The zero-order chi connectivity index (χ0) is 16.9. The minimum absolute atomic E-state index is 0.0763. The summed E-state index contributed by atoms with van der Waals surface area (Å²) in [6.07, 6.45) is 6.24. The molecule has 1 aromatic rings. The molecular formula is C18H29NO3S. The van der Waals surface area contributed by atoms with Gasteiger partial charge in [-0.05, 0) is 55.9 Å². The third kappa shape index (κ3) is 4.70. The summed E-state index contributed by atoms with van der Waals surface area (Å²) in [4.78, 5) is 0.349. The fourth-order valence-electron chi connectivity index (χ4n) is 3.09. The van der Waals surface area contributed by atoms with Crippen molar-refractivity contribution in [1.29, 1.82) is 0 Å². The Hall–Kier alpha value is -1.07. The summed E-state index contributed by atoms with van der Waals surface area (Å²) in [6.45, 7) is 6.72. The van der Waals surface area contributed by atoms with E-state index in [2.05, 4.69) is 18.6 Å². The fourth-order valence-corrected chi connectivity index (χ4v) is 4.43. The molecule has 0 radical (unpaired) electrons. The molecule has 0 heterocycles. The molecule has 1 N–H and O–H groups in total. The molecule has 0 aliphatic heterocycles. The molecule has 0 spiro atoms. The van der Waals surface area contributed by atoms with Gasteiger partial charge in [0.25, 0.3) is 0 Å². The monoisotopic (exact) mass is 339 g/mol. The van der Waals surface area contributed by atoms with E-state index in [0.29, 0.717) is 11.5 Å². The number of sulfonamides is 1. The van der Waals surface area contributed by atoms with E-state index in [0.717, 1.165) is 43.4 Å². The van der Waals surface area contributed by atoms with Crippen LogP contribution in [0.15, 0.2) is 23.1 Å². The molecule has 4 nitrogen and oxygen atoms in total. The Morgan fingerprint density at radius 1 is 1.22 bits per heavy atom. The Balaban J connectivity index is 2.26. The van der Waals surface area contributed by atoms with Crippen LogP contribution in [0, 0.1) is 0 Å². The van der Waals surface area contributed by atoms with Crippen molar-refractivity contribution < 1.29 is 13.2 Å². The smallest absolute Gasteiger partial charge is 0.240 e. The quantitative estimate of drug-likeness (QED) is 0.809. The van der Waals surface area contributed by atoms with Gasteiger partial charge >= 0.3 is 0 Å². The van der Waals surface area contributed by atoms with Crippen molar-refractivity contribution >= 4 is 10.0 Å². The van der Waals surface area contributed by atoms with E-state index in [4.69, 9.17) is 4.74 Å². The van der Waals surface area contributed by atoms with Gasteiger partial charge in [-0.15, -0.1) is 0 Å². The Kier molecular flexibility index (Phi) is 6.48. The molecule has 0 aromatic heterocycles. The second-order valence-electron chi connectivity index (χ2n) is 6.40. The maximum absolute atomic E-state index is 12.7. The van der Waals surface area contributed by atoms with E-state index in [-0.39, 0.29) is 12.0 Å². The molecule has 1 aromatic carbocycles.